The van der Waals surface area contributed by atoms with Crippen LogP contribution in [0.3, 0.4) is 0 Å². The highest BCUT2D eigenvalue weighted by molar-refractivity contribution is 6.31. The van der Waals surface area contributed by atoms with Crippen LogP contribution in [-0.4, -0.2) is 32.5 Å². The summed E-state index contributed by atoms with van der Waals surface area (Å²) in [5.41, 5.74) is 3.09. The van der Waals surface area contributed by atoms with Crippen molar-refractivity contribution in [3.63, 3.8) is 0 Å². The Balaban J connectivity index is 1.76. The second-order valence-corrected chi connectivity index (χ2v) is 5.91. The number of hydrogen-bond acceptors (Lipinski definition) is 3. The summed E-state index contributed by atoms with van der Waals surface area (Å²) in [6.45, 7) is 4.64. The molecule has 3 nitrogen and oxygen atoms in total. The summed E-state index contributed by atoms with van der Waals surface area (Å²) in [5.74, 6) is -0.238. The lowest BCUT2D eigenvalue weighted by Gasteiger charge is -2.29. The molecule has 5 heteroatoms. The van der Waals surface area contributed by atoms with Crippen LogP contribution in [0.15, 0.2) is 41.4 Å². The molecule has 0 aliphatic carbocycles. The van der Waals surface area contributed by atoms with Gasteiger partial charge in [-0.15, -0.1) is 0 Å². The summed E-state index contributed by atoms with van der Waals surface area (Å²) in [6, 6.07) is 10.8. The minimum absolute atomic E-state index is 0.238. The van der Waals surface area contributed by atoms with Crippen LogP contribution in [0.4, 0.5) is 15.8 Å². The normalized spacial score (nSPS) is 15.3. The molecule has 0 N–H and O–H groups in total. The fraction of sp³-hybridized carbons (Fsp3) is 0.278. The van der Waals surface area contributed by atoms with Gasteiger partial charge >= 0.3 is 0 Å². The van der Waals surface area contributed by atoms with Crippen molar-refractivity contribution in [2.45, 2.75) is 6.92 Å². The summed E-state index contributed by atoms with van der Waals surface area (Å²) in [6.07, 6.45) is 1.65. The smallest absolute Gasteiger partial charge is 0.147 e. The zero-order valence-electron chi connectivity index (χ0n) is 12.9. The lowest BCUT2D eigenvalue weighted by Crippen LogP contribution is -2.36. The molecule has 0 atom stereocenters. The first-order valence-electron chi connectivity index (χ1n) is 7.56. The maximum atomic E-state index is 14.3. The van der Waals surface area contributed by atoms with Crippen molar-refractivity contribution in [2.24, 2.45) is 4.99 Å². The van der Waals surface area contributed by atoms with E-state index in [2.05, 4.69) is 4.99 Å². The fourth-order valence-electron chi connectivity index (χ4n) is 2.48. The predicted octanol–water partition coefficient (Wildman–Crippen LogP) is 4.37. The van der Waals surface area contributed by atoms with Gasteiger partial charge in [0.1, 0.15) is 5.82 Å². The Morgan fingerprint density at radius 1 is 1.17 bits per heavy atom. The van der Waals surface area contributed by atoms with Gasteiger partial charge in [0.25, 0.3) is 0 Å². The third kappa shape index (κ3) is 3.89. The predicted molar refractivity (Wildman–Crippen MR) is 92.9 cm³/mol. The van der Waals surface area contributed by atoms with Crippen molar-refractivity contribution in [3.8, 4) is 0 Å². The van der Waals surface area contributed by atoms with E-state index in [-0.39, 0.29) is 5.82 Å². The van der Waals surface area contributed by atoms with Gasteiger partial charge in [-0.05, 0) is 42.3 Å². The molecule has 1 heterocycles. The Labute approximate surface area is 140 Å². The van der Waals surface area contributed by atoms with Gasteiger partial charge in [0.2, 0.25) is 0 Å². The van der Waals surface area contributed by atoms with Crippen LogP contribution in [0.2, 0.25) is 5.02 Å². The van der Waals surface area contributed by atoms with Crippen LogP contribution >= 0.6 is 11.6 Å². The molecular weight excluding hydrogens is 315 g/mol. The molecular formula is C18H18ClFN2O. The maximum absolute atomic E-state index is 14.3. The first-order chi connectivity index (χ1) is 11.1. The molecule has 1 saturated heterocycles. The molecule has 1 aliphatic heterocycles. The van der Waals surface area contributed by atoms with Crippen LogP contribution in [0.1, 0.15) is 11.1 Å². The summed E-state index contributed by atoms with van der Waals surface area (Å²) < 4.78 is 19.6. The zero-order valence-corrected chi connectivity index (χ0v) is 13.7. The fourth-order valence-corrected chi connectivity index (χ4v) is 2.65. The number of halogens is 2. The Kier molecular flexibility index (Phi) is 4.94. The number of nitrogens with zero attached hydrogens (tertiary/aromatic N) is 2. The average molecular weight is 333 g/mol. The molecule has 23 heavy (non-hydrogen) atoms. The number of morpholine rings is 1. The Morgan fingerprint density at radius 2 is 1.96 bits per heavy atom. The molecule has 2 aromatic rings. The molecule has 2 aromatic carbocycles. The van der Waals surface area contributed by atoms with Crippen LogP contribution in [-0.2, 0) is 4.74 Å². The summed E-state index contributed by atoms with van der Waals surface area (Å²) in [7, 11) is 0. The lowest BCUT2D eigenvalue weighted by atomic mass is 10.2. The van der Waals surface area contributed by atoms with E-state index in [9.17, 15) is 4.39 Å². The Bertz CT molecular complexity index is 727. The van der Waals surface area contributed by atoms with Gasteiger partial charge in [-0.25, -0.2) is 4.39 Å². The van der Waals surface area contributed by atoms with Crippen molar-refractivity contribution < 1.29 is 9.13 Å². The highest BCUT2D eigenvalue weighted by atomic mass is 35.5. The van der Waals surface area contributed by atoms with Gasteiger partial charge in [0.05, 0.1) is 24.6 Å². The second kappa shape index (κ2) is 7.11. The topological polar surface area (TPSA) is 24.8 Å². The minimum atomic E-state index is -0.238. The van der Waals surface area contributed by atoms with E-state index in [0.29, 0.717) is 37.0 Å². The zero-order chi connectivity index (χ0) is 16.2. The summed E-state index contributed by atoms with van der Waals surface area (Å²) in [5, 5.41) is 0.675. The molecule has 0 saturated carbocycles. The molecule has 0 amide bonds. The third-order valence-corrected chi connectivity index (χ3v) is 4.25. The van der Waals surface area contributed by atoms with Crippen LogP contribution in [0, 0.1) is 12.7 Å². The van der Waals surface area contributed by atoms with E-state index in [1.54, 1.807) is 18.3 Å². The van der Waals surface area contributed by atoms with E-state index in [4.69, 9.17) is 16.3 Å². The van der Waals surface area contributed by atoms with Gasteiger partial charge in [0, 0.05) is 24.3 Å². The minimum Gasteiger partial charge on any atom is -0.378 e. The number of aryl methyl sites for hydroxylation is 1. The second-order valence-electron chi connectivity index (χ2n) is 5.50. The van der Waals surface area contributed by atoms with Gasteiger partial charge < -0.3 is 9.64 Å². The molecule has 0 aromatic heterocycles. The molecule has 3 rings (SSSR count). The van der Waals surface area contributed by atoms with E-state index in [1.807, 2.05) is 30.0 Å². The molecule has 120 valence electrons. The molecule has 1 aliphatic rings. The van der Waals surface area contributed by atoms with Gasteiger partial charge in [-0.3, -0.25) is 4.99 Å². The summed E-state index contributed by atoms with van der Waals surface area (Å²) >= 11 is 6.08. The van der Waals surface area contributed by atoms with Crippen molar-refractivity contribution >= 4 is 29.2 Å². The Morgan fingerprint density at radius 3 is 2.65 bits per heavy atom. The van der Waals surface area contributed by atoms with E-state index < -0.39 is 0 Å². The highest BCUT2D eigenvalue weighted by Gasteiger charge is 2.14. The van der Waals surface area contributed by atoms with Crippen LogP contribution in [0.5, 0.6) is 0 Å². The molecule has 0 radical (unpaired) electrons. The highest BCUT2D eigenvalue weighted by Crippen LogP contribution is 2.23. The molecule has 0 bridgehead atoms. The van der Waals surface area contributed by atoms with E-state index >= 15 is 0 Å². The van der Waals surface area contributed by atoms with Crippen molar-refractivity contribution in [2.75, 3.05) is 31.2 Å². The number of ether oxygens (including phenoxy) is 1. The van der Waals surface area contributed by atoms with Crippen molar-refractivity contribution in [1.29, 1.82) is 0 Å². The monoisotopic (exact) mass is 332 g/mol. The summed E-state index contributed by atoms with van der Waals surface area (Å²) in [4.78, 5) is 6.35. The van der Waals surface area contributed by atoms with E-state index in [0.717, 1.165) is 16.8 Å². The largest absolute Gasteiger partial charge is 0.378 e. The quantitative estimate of drug-likeness (QED) is 0.779. The number of hydrogen-bond donors (Lipinski definition) is 0. The van der Waals surface area contributed by atoms with Crippen LogP contribution < -0.4 is 4.90 Å². The third-order valence-electron chi connectivity index (χ3n) is 3.84. The SMILES string of the molecule is Cc1ccc(N=Cc2ccc(N3CCOCC3)c(F)c2)cc1Cl. The van der Waals surface area contributed by atoms with Crippen LogP contribution in [0.25, 0.3) is 0 Å². The average Bonchev–Trinajstić information content (AvgIpc) is 2.57. The first kappa shape index (κ1) is 16.0. The lowest BCUT2D eigenvalue weighted by molar-refractivity contribution is 0.122. The number of benzene rings is 2. The standard InChI is InChI=1S/C18H18ClFN2O/c1-13-2-4-15(11-16(13)19)21-12-14-3-5-18(17(20)10-14)22-6-8-23-9-7-22/h2-5,10-12H,6-9H2,1H3. The van der Waals surface area contributed by atoms with Crippen molar-refractivity contribution in [3.05, 3.63) is 58.4 Å². The van der Waals surface area contributed by atoms with Gasteiger partial charge in [0.15, 0.2) is 0 Å². The number of rotatable bonds is 3. The van der Waals surface area contributed by atoms with Crippen molar-refractivity contribution in [1.82, 2.24) is 0 Å². The van der Waals surface area contributed by atoms with Gasteiger partial charge in [-0.1, -0.05) is 23.7 Å². The Hall–Kier alpha value is -1.91. The molecule has 1 fully saturated rings. The number of anilines is 1. The molecule has 0 spiro atoms. The first-order valence-corrected chi connectivity index (χ1v) is 7.94. The van der Waals surface area contributed by atoms with E-state index in [1.165, 1.54) is 6.07 Å². The number of aliphatic imine (C=N–C) groups is 1. The maximum Gasteiger partial charge on any atom is 0.147 e. The molecule has 0 unspecified atom stereocenters. The van der Waals surface area contributed by atoms with Gasteiger partial charge in [-0.2, -0.15) is 0 Å².